The summed E-state index contributed by atoms with van der Waals surface area (Å²) in [6.45, 7) is 2.03. The minimum absolute atomic E-state index is 0.0822. The highest BCUT2D eigenvalue weighted by Crippen LogP contribution is 2.16. The molecule has 5 heteroatoms. The van der Waals surface area contributed by atoms with E-state index in [4.69, 9.17) is 0 Å². The molecule has 11 heavy (non-hydrogen) atoms. The molecular formula is C6H9Br2FO2. The predicted octanol–water partition coefficient (Wildman–Crippen LogP) is 2.39. The van der Waals surface area contributed by atoms with Crippen molar-refractivity contribution in [2.24, 2.45) is 0 Å². The molecule has 0 saturated carbocycles. The summed E-state index contributed by atoms with van der Waals surface area (Å²) in [7, 11) is 0. The van der Waals surface area contributed by atoms with Gasteiger partial charge in [-0.1, -0.05) is 31.9 Å². The van der Waals surface area contributed by atoms with E-state index in [1.807, 2.05) is 0 Å². The minimum Gasteiger partial charge on any atom is -0.465 e. The Kier molecular flexibility index (Phi) is 6.14. The standard InChI is InChI=1S/C6H9Br2FO2/c1-2-11-6(10)4(7)3-5(8)9/h4-5H,2-3H2,1H3. The van der Waals surface area contributed by atoms with Crippen LogP contribution in [0.25, 0.3) is 0 Å². The first-order valence-electron chi connectivity index (χ1n) is 3.16. The van der Waals surface area contributed by atoms with E-state index in [-0.39, 0.29) is 6.42 Å². The number of alkyl halides is 3. The fourth-order valence-electron chi connectivity index (χ4n) is 0.485. The van der Waals surface area contributed by atoms with Crippen LogP contribution in [0.3, 0.4) is 0 Å². The Morgan fingerprint density at radius 1 is 1.64 bits per heavy atom. The average molecular weight is 292 g/mol. The van der Waals surface area contributed by atoms with E-state index in [9.17, 15) is 9.18 Å². The number of carbonyl (C=O) groups excluding carboxylic acids is 1. The van der Waals surface area contributed by atoms with Crippen LogP contribution >= 0.6 is 31.9 Å². The summed E-state index contributed by atoms with van der Waals surface area (Å²) in [6.07, 6.45) is 0.0822. The Bertz CT molecular complexity index is 130. The third-order valence-electron chi connectivity index (χ3n) is 0.927. The molecule has 0 aliphatic heterocycles. The van der Waals surface area contributed by atoms with Gasteiger partial charge >= 0.3 is 5.97 Å². The molecule has 0 spiro atoms. The second-order valence-corrected chi connectivity index (χ2v) is 3.95. The van der Waals surface area contributed by atoms with E-state index >= 15 is 0 Å². The molecule has 0 bridgehead atoms. The molecule has 0 fully saturated rings. The fraction of sp³-hybridized carbons (Fsp3) is 0.833. The number of esters is 1. The van der Waals surface area contributed by atoms with Crippen LogP contribution in [0, 0.1) is 0 Å². The maximum atomic E-state index is 12.2. The lowest BCUT2D eigenvalue weighted by Crippen LogP contribution is -2.19. The molecule has 0 saturated heterocycles. The first-order chi connectivity index (χ1) is 5.07. The summed E-state index contributed by atoms with van der Waals surface area (Å²) < 4.78 is 16.9. The van der Waals surface area contributed by atoms with Crippen molar-refractivity contribution in [1.29, 1.82) is 0 Å². The van der Waals surface area contributed by atoms with Crippen LogP contribution in [0.2, 0.25) is 0 Å². The van der Waals surface area contributed by atoms with Crippen LogP contribution < -0.4 is 0 Å². The van der Waals surface area contributed by atoms with Crippen LogP contribution in [-0.4, -0.2) is 22.5 Å². The Labute approximate surface area is 81.7 Å². The fourth-order valence-corrected chi connectivity index (χ4v) is 1.82. The van der Waals surface area contributed by atoms with E-state index in [1.54, 1.807) is 6.92 Å². The number of hydrogen-bond donors (Lipinski definition) is 0. The average Bonchev–Trinajstić information content (AvgIpc) is 1.86. The minimum atomic E-state index is -1.17. The van der Waals surface area contributed by atoms with Crippen LogP contribution in [0.1, 0.15) is 13.3 Å². The molecule has 0 aliphatic rings. The molecule has 2 atom stereocenters. The van der Waals surface area contributed by atoms with Crippen molar-refractivity contribution in [3.63, 3.8) is 0 Å². The molecule has 0 aromatic carbocycles. The molecule has 0 amide bonds. The van der Waals surface area contributed by atoms with Crippen molar-refractivity contribution in [3.05, 3.63) is 0 Å². The van der Waals surface area contributed by atoms with E-state index in [1.165, 1.54) is 0 Å². The molecule has 0 rings (SSSR count). The van der Waals surface area contributed by atoms with Gasteiger partial charge in [0.05, 0.1) is 6.61 Å². The van der Waals surface area contributed by atoms with E-state index in [0.29, 0.717) is 6.61 Å². The molecule has 2 unspecified atom stereocenters. The van der Waals surface area contributed by atoms with Crippen molar-refractivity contribution in [1.82, 2.24) is 0 Å². The topological polar surface area (TPSA) is 26.3 Å². The van der Waals surface area contributed by atoms with Gasteiger partial charge in [0.15, 0.2) is 5.08 Å². The van der Waals surface area contributed by atoms with Crippen LogP contribution in [0.15, 0.2) is 0 Å². The van der Waals surface area contributed by atoms with Crippen molar-refractivity contribution < 1.29 is 13.9 Å². The molecule has 0 radical (unpaired) electrons. The van der Waals surface area contributed by atoms with Gasteiger partial charge in [-0.2, -0.15) is 0 Å². The smallest absolute Gasteiger partial charge is 0.319 e. The van der Waals surface area contributed by atoms with Gasteiger partial charge in [-0.25, -0.2) is 4.39 Å². The Morgan fingerprint density at radius 3 is 2.55 bits per heavy atom. The van der Waals surface area contributed by atoms with Crippen molar-refractivity contribution >= 4 is 37.8 Å². The van der Waals surface area contributed by atoms with Crippen molar-refractivity contribution in [2.75, 3.05) is 6.61 Å². The largest absolute Gasteiger partial charge is 0.465 e. The summed E-state index contributed by atoms with van der Waals surface area (Å²) in [6, 6.07) is 0. The highest BCUT2D eigenvalue weighted by atomic mass is 79.9. The SMILES string of the molecule is CCOC(=O)C(Br)CC(F)Br. The van der Waals surface area contributed by atoms with E-state index in [2.05, 4.69) is 36.6 Å². The maximum absolute atomic E-state index is 12.2. The summed E-state index contributed by atoms with van der Waals surface area (Å²) in [5, 5.41) is -1.17. The predicted molar refractivity (Wildman–Crippen MR) is 47.8 cm³/mol. The second-order valence-electron chi connectivity index (χ2n) is 1.85. The third kappa shape index (κ3) is 5.61. The summed E-state index contributed by atoms with van der Waals surface area (Å²) in [4.78, 5) is 10.3. The Balaban J connectivity index is 3.64. The van der Waals surface area contributed by atoms with Gasteiger partial charge in [-0.05, 0) is 6.92 Å². The van der Waals surface area contributed by atoms with Crippen LogP contribution in [-0.2, 0) is 9.53 Å². The molecular weight excluding hydrogens is 283 g/mol. The molecule has 0 aromatic rings. The summed E-state index contributed by atoms with van der Waals surface area (Å²) >= 11 is 5.69. The van der Waals surface area contributed by atoms with Crippen LogP contribution in [0.4, 0.5) is 4.39 Å². The first kappa shape index (κ1) is 11.4. The van der Waals surface area contributed by atoms with Gasteiger partial charge in [-0.15, -0.1) is 0 Å². The zero-order valence-electron chi connectivity index (χ0n) is 6.02. The molecule has 0 N–H and O–H groups in total. The molecule has 0 aliphatic carbocycles. The zero-order chi connectivity index (χ0) is 8.85. The van der Waals surface area contributed by atoms with Gasteiger partial charge < -0.3 is 4.74 Å². The lowest BCUT2D eigenvalue weighted by Gasteiger charge is -2.07. The van der Waals surface area contributed by atoms with Gasteiger partial charge in [0.25, 0.3) is 0 Å². The van der Waals surface area contributed by atoms with Gasteiger partial charge in [-0.3, -0.25) is 4.79 Å². The quantitative estimate of drug-likeness (QED) is 0.587. The first-order valence-corrected chi connectivity index (χ1v) is 5.00. The zero-order valence-corrected chi connectivity index (χ0v) is 9.19. The van der Waals surface area contributed by atoms with E-state index in [0.717, 1.165) is 0 Å². The number of rotatable bonds is 4. The number of hydrogen-bond acceptors (Lipinski definition) is 2. The van der Waals surface area contributed by atoms with Crippen molar-refractivity contribution in [2.45, 2.75) is 23.3 Å². The van der Waals surface area contributed by atoms with Gasteiger partial charge in [0.2, 0.25) is 0 Å². The third-order valence-corrected chi connectivity index (χ3v) is 2.05. The Morgan fingerprint density at radius 2 is 2.18 bits per heavy atom. The van der Waals surface area contributed by atoms with E-state index < -0.39 is 15.9 Å². The molecule has 0 heterocycles. The highest BCUT2D eigenvalue weighted by molar-refractivity contribution is 9.10. The van der Waals surface area contributed by atoms with Gasteiger partial charge in [0, 0.05) is 6.42 Å². The highest BCUT2D eigenvalue weighted by Gasteiger charge is 2.19. The lowest BCUT2D eigenvalue weighted by molar-refractivity contribution is -0.142. The number of ether oxygens (including phenoxy) is 1. The van der Waals surface area contributed by atoms with Gasteiger partial charge in [0.1, 0.15) is 4.83 Å². The normalized spacial score (nSPS) is 15.6. The summed E-state index contributed by atoms with van der Waals surface area (Å²) in [5.74, 6) is -0.422. The van der Waals surface area contributed by atoms with Crippen LogP contribution in [0.5, 0.6) is 0 Å². The monoisotopic (exact) mass is 290 g/mol. The molecule has 0 aromatic heterocycles. The maximum Gasteiger partial charge on any atom is 0.319 e. The molecule has 2 nitrogen and oxygen atoms in total. The Hall–Kier alpha value is 0.360. The summed E-state index contributed by atoms with van der Waals surface area (Å²) in [5.41, 5.74) is 0. The number of carbonyl (C=O) groups is 1. The lowest BCUT2D eigenvalue weighted by atomic mass is 10.3. The molecule has 66 valence electrons. The number of halogens is 3. The second kappa shape index (κ2) is 5.94. The van der Waals surface area contributed by atoms with Crippen molar-refractivity contribution in [3.8, 4) is 0 Å².